The van der Waals surface area contributed by atoms with Gasteiger partial charge < -0.3 is 16.0 Å². The van der Waals surface area contributed by atoms with Gasteiger partial charge in [-0.2, -0.15) is 0 Å². The fourth-order valence-electron chi connectivity index (χ4n) is 2.84. The SMILES string of the molecule is C=CC(=O)Nc1cc(-c2ccc(CC(N)=O)c3[nH]c(C)cc23)ccn1. The van der Waals surface area contributed by atoms with E-state index in [1.165, 1.54) is 6.08 Å². The smallest absolute Gasteiger partial charge is 0.248 e. The summed E-state index contributed by atoms with van der Waals surface area (Å²) in [7, 11) is 0. The van der Waals surface area contributed by atoms with Gasteiger partial charge in [0.1, 0.15) is 5.82 Å². The maximum atomic E-state index is 11.5. The van der Waals surface area contributed by atoms with Gasteiger partial charge in [-0.05, 0) is 47.9 Å². The van der Waals surface area contributed by atoms with Crippen LogP contribution in [0.3, 0.4) is 0 Å². The van der Waals surface area contributed by atoms with Crippen molar-refractivity contribution in [2.45, 2.75) is 13.3 Å². The highest BCUT2D eigenvalue weighted by Crippen LogP contribution is 2.32. The monoisotopic (exact) mass is 334 g/mol. The molecule has 1 aromatic carbocycles. The zero-order chi connectivity index (χ0) is 18.0. The second kappa shape index (κ2) is 6.60. The van der Waals surface area contributed by atoms with Crippen molar-refractivity contribution in [2.75, 3.05) is 5.32 Å². The predicted octanol–water partition coefficient (Wildman–Crippen LogP) is 2.69. The van der Waals surface area contributed by atoms with Crippen LogP contribution in [0.5, 0.6) is 0 Å². The minimum Gasteiger partial charge on any atom is -0.369 e. The second-order valence-corrected chi connectivity index (χ2v) is 5.78. The Hall–Kier alpha value is -3.41. The number of hydrogen-bond donors (Lipinski definition) is 3. The molecule has 25 heavy (non-hydrogen) atoms. The van der Waals surface area contributed by atoms with Crippen LogP contribution in [0.4, 0.5) is 5.82 Å². The van der Waals surface area contributed by atoms with E-state index in [0.717, 1.165) is 33.3 Å². The molecule has 126 valence electrons. The van der Waals surface area contributed by atoms with Crippen LogP contribution < -0.4 is 11.1 Å². The lowest BCUT2D eigenvalue weighted by molar-refractivity contribution is -0.117. The molecule has 0 fully saturated rings. The normalized spacial score (nSPS) is 10.6. The largest absolute Gasteiger partial charge is 0.369 e. The number of rotatable bonds is 5. The quantitative estimate of drug-likeness (QED) is 0.625. The lowest BCUT2D eigenvalue weighted by Gasteiger charge is -2.09. The Kier molecular flexibility index (Phi) is 4.35. The van der Waals surface area contributed by atoms with Crippen LogP contribution in [0.2, 0.25) is 0 Å². The number of benzene rings is 1. The standard InChI is InChI=1S/C19H18N4O2/c1-3-18(25)23-17-10-12(6-7-21-17)14-5-4-13(9-16(20)24)19-15(14)8-11(2)22-19/h3-8,10,22H,1,9H2,2H3,(H2,20,24)(H,21,23,25). The fourth-order valence-corrected chi connectivity index (χ4v) is 2.84. The summed E-state index contributed by atoms with van der Waals surface area (Å²) in [5, 5.41) is 3.64. The van der Waals surface area contributed by atoms with Crippen LogP contribution in [0.15, 0.2) is 49.2 Å². The summed E-state index contributed by atoms with van der Waals surface area (Å²) in [6.45, 7) is 5.39. The molecule has 0 aliphatic rings. The van der Waals surface area contributed by atoms with Crippen molar-refractivity contribution in [1.82, 2.24) is 9.97 Å². The van der Waals surface area contributed by atoms with Gasteiger partial charge in [0.05, 0.1) is 6.42 Å². The molecule has 4 N–H and O–H groups in total. The molecule has 2 aromatic heterocycles. The van der Waals surface area contributed by atoms with Gasteiger partial charge in [0, 0.05) is 22.8 Å². The molecule has 0 radical (unpaired) electrons. The lowest BCUT2D eigenvalue weighted by Crippen LogP contribution is -2.13. The number of aromatic nitrogens is 2. The minimum absolute atomic E-state index is 0.174. The highest BCUT2D eigenvalue weighted by molar-refractivity contribution is 6.01. The van der Waals surface area contributed by atoms with Gasteiger partial charge in [0.2, 0.25) is 11.8 Å². The number of aryl methyl sites for hydroxylation is 1. The molecule has 3 aromatic rings. The molecule has 6 heteroatoms. The maximum absolute atomic E-state index is 11.5. The van der Waals surface area contributed by atoms with E-state index in [2.05, 4.69) is 21.9 Å². The van der Waals surface area contributed by atoms with Crippen molar-refractivity contribution in [3.05, 3.63) is 60.4 Å². The van der Waals surface area contributed by atoms with E-state index in [1.807, 2.05) is 31.2 Å². The van der Waals surface area contributed by atoms with Gasteiger partial charge >= 0.3 is 0 Å². The molecule has 0 aliphatic carbocycles. The molecular weight excluding hydrogens is 316 g/mol. The Balaban J connectivity index is 2.10. The Morgan fingerprint density at radius 3 is 2.84 bits per heavy atom. The number of amides is 2. The third-order valence-corrected chi connectivity index (χ3v) is 3.89. The summed E-state index contributed by atoms with van der Waals surface area (Å²) < 4.78 is 0. The Bertz CT molecular complexity index is 988. The fraction of sp³-hybridized carbons (Fsp3) is 0.105. The van der Waals surface area contributed by atoms with Crippen LogP contribution in [0, 0.1) is 6.92 Å². The molecule has 0 atom stereocenters. The van der Waals surface area contributed by atoms with Gasteiger partial charge in [-0.15, -0.1) is 0 Å². The molecule has 2 heterocycles. The summed E-state index contributed by atoms with van der Waals surface area (Å²) in [6, 6.07) is 9.53. The number of nitrogens with two attached hydrogens (primary N) is 1. The summed E-state index contributed by atoms with van der Waals surface area (Å²) in [6.07, 6.45) is 3.01. The number of nitrogens with zero attached hydrogens (tertiary/aromatic N) is 1. The lowest BCUT2D eigenvalue weighted by atomic mass is 9.98. The topological polar surface area (TPSA) is 101 Å². The molecule has 0 bridgehead atoms. The number of carbonyl (C=O) groups excluding carboxylic acids is 2. The van der Waals surface area contributed by atoms with Crippen LogP contribution in [0.25, 0.3) is 22.0 Å². The average molecular weight is 334 g/mol. The number of nitrogens with one attached hydrogen (secondary N) is 2. The highest BCUT2D eigenvalue weighted by Gasteiger charge is 2.12. The average Bonchev–Trinajstić information content (AvgIpc) is 2.96. The van der Waals surface area contributed by atoms with Crippen molar-refractivity contribution in [3.63, 3.8) is 0 Å². The number of anilines is 1. The first-order valence-corrected chi connectivity index (χ1v) is 7.77. The van der Waals surface area contributed by atoms with Crippen LogP contribution in [-0.4, -0.2) is 21.8 Å². The Morgan fingerprint density at radius 2 is 2.12 bits per heavy atom. The zero-order valence-electron chi connectivity index (χ0n) is 13.8. The van der Waals surface area contributed by atoms with E-state index in [1.54, 1.807) is 12.3 Å². The number of aromatic amines is 1. The summed E-state index contributed by atoms with van der Waals surface area (Å²) in [5.41, 5.74) is 9.96. The van der Waals surface area contributed by atoms with Crippen molar-refractivity contribution in [3.8, 4) is 11.1 Å². The number of hydrogen-bond acceptors (Lipinski definition) is 3. The van der Waals surface area contributed by atoms with Crippen molar-refractivity contribution in [2.24, 2.45) is 5.73 Å². The summed E-state index contributed by atoms with van der Waals surface area (Å²) in [4.78, 5) is 30.2. The Morgan fingerprint density at radius 1 is 1.32 bits per heavy atom. The number of H-pyrrole nitrogens is 1. The molecule has 3 rings (SSSR count). The molecule has 0 unspecified atom stereocenters. The second-order valence-electron chi connectivity index (χ2n) is 5.78. The molecule has 0 saturated heterocycles. The van der Waals surface area contributed by atoms with Crippen molar-refractivity contribution >= 4 is 28.5 Å². The van der Waals surface area contributed by atoms with E-state index in [9.17, 15) is 9.59 Å². The van der Waals surface area contributed by atoms with Gasteiger partial charge in [0.25, 0.3) is 0 Å². The van der Waals surface area contributed by atoms with Crippen LogP contribution in [0.1, 0.15) is 11.3 Å². The maximum Gasteiger partial charge on any atom is 0.248 e. The highest BCUT2D eigenvalue weighted by atomic mass is 16.1. The van der Waals surface area contributed by atoms with Gasteiger partial charge in [0.15, 0.2) is 0 Å². The van der Waals surface area contributed by atoms with E-state index >= 15 is 0 Å². The van der Waals surface area contributed by atoms with Crippen molar-refractivity contribution < 1.29 is 9.59 Å². The number of primary amides is 1. The first-order valence-electron chi connectivity index (χ1n) is 7.77. The van der Waals surface area contributed by atoms with Crippen LogP contribution in [-0.2, 0) is 16.0 Å². The number of carbonyl (C=O) groups is 2. The summed E-state index contributed by atoms with van der Waals surface area (Å²) in [5.74, 6) is -0.243. The van der Waals surface area contributed by atoms with Gasteiger partial charge in [-0.3, -0.25) is 9.59 Å². The first kappa shape index (κ1) is 16.4. The molecule has 2 amide bonds. The predicted molar refractivity (Wildman–Crippen MR) is 98.0 cm³/mol. The third kappa shape index (κ3) is 3.42. The molecule has 6 nitrogen and oxygen atoms in total. The van der Waals surface area contributed by atoms with Crippen molar-refractivity contribution in [1.29, 1.82) is 0 Å². The van der Waals surface area contributed by atoms with E-state index in [0.29, 0.717) is 5.82 Å². The number of pyridine rings is 1. The third-order valence-electron chi connectivity index (χ3n) is 3.89. The zero-order valence-corrected chi connectivity index (χ0v) is 13.8. The van der Waals surface area contributed by atoms with Gasteiger partial charge in [-0.25, -0.2) is 4.98 Å². The molecule has 0 spiro atoms. The van der Waals surface area contributed by atoms with Crippen LogP contribution >= 0.6 is 0 Å². The minimum atomic E-state index is -0.375. The van der Waals surface area contributed by atoms with E-state index in [-0.39, 0.29) is 18.2 Å². The van der Waals surface area contributed by atoms with E-state index in [4.69, 9.17) is 5.73 Å². The molecule has 0 saturated carbocycles. The summed E-state index contributed by atoms with van der Waals surface area (Å²) >= 11 is 0. The van der Waals surface area contributed by atoms with E-state index < -0.39 is 0 Å². The van der Waals surface area contributed by atoms with Gasteiger partial charge in [-0.1, -0.05) is 18.7 Å². The number of fused-ring (bicyclic) bond motifs is 1. The molecular formula is C19H18N4O2. The molecule has 0 aliphatic heterocycles. The Labute approximate surface area is 144 Å². The first-order chi connectivity index (χ1) is 12.0.